The molecule has 0 aliphatic heterocycles. The van der Waals surface area contributed by atoms with E-state index in [4.69, 9.17) is 0 Å². The zero-order valence-electron chi connectivity index (χ0n) is 14.5. The number of anilines is 2. The molecule has 0 aromatic carbocycles. The van der Waals surface area contributed by atoms with Crippen LogP contribution < -0.4 is 10.2 Å². The maximum atomic E-state index is 9.99. The molecule has 0 atom stereocenters. The molecule has 120 valence electrons. The molecule has 0 saturated carbocycles. The Balaban J connectivity index is 3.12. The van der Waals surface area contributed by atoms with Crippen LogP contribution in [-0.4, -0.2) is 40.8 Å². The molecule has 5 nitrogen and oxygen atoms in total. The van der Waals surface area contributed by atoms with E-state index < -0.39 is 5.60 Å². The highest BCUT2D eigenvalue weighted by molar-refractivity contribution is 5.49. The van der Waals surface area contributed by atoms with E-state index in [1.807, 2.05) is 18.0 Å². The molecule has 0 amide bonds. The number of aromatic nitrogens is 2. The lowest BCUT2D eigenvalue weighted by Crippen LogP contribution is -2.37. The first-order valence-corrected chi connectivity index (χ1v) is 7.60. The summed E-state index contributed by atoms with van der Waals surface area (Å²) in [6, 6.07) is 1.94. The Bertz CT molecular complexity index is 460. The van der Waals surface area contributed by atoms with Gasteiger partial charge in [0.15, 0.2) is 0 Å². The van der Waals surface area contributed by atoms with Crippen LogP contribution in [0.1, 0.15) is 53.8 Å². The molecule has 2 N–H and O–H groups in total. The molecule has 0 aliphatic carbocycles. The predicted molar refractivity (Wildman–Crippen MR) is 89.1 cm³/mol. The molecular formula is C16H30N4O. The summed E-state index contributed by atoms with van der Waals surface area (Å²) >= 11 is 0. The van der Waals surface area contributed by atoms with Crippen molar-refractivity contribution in [1.82, 2.24) is 9.97 Å². The molecule has 0 fully saturated rings. The van der Waals surface area contributed by atoms with E-state index in [1.165, 1.54) is 0 Å². The van der Waals surface area contributed by atoms with Gasteiger partial charge in [-0.15, -0.1) is 0 Å². The normalized spacial score (nSPS) is 12.4. The summed E-state index contributed by atoms with van der Waals surface area (Å²) in [5.41, 5.74) is -0.882. The Morgan fingerprint density at radius 1 is 1.19 bits per heavy atom. The molecule has 0 radical (unpaired) electrons. The van der Waals surface area contributed by atoms with Gasteiger partial charge in [0, 0.05) is 31.6 Å². The predicted octanol–water partition coefficient (Wildman–Crippen LogP) is 2.80. The number of aliphatic hydroxyl groups is 1. The Kier molecular flexibility index (Phi) is 5.56. The lowest BCUT2D eigenvalue weighted by atomic mass is 9.96. The van der Waals surface area contributed by atoms with Crippen molar-refractivity contribution in [3.8, 4) is 0 Å². The number of rotatable bonds is 6. The highest BCUT2D eigenvalue weighted by atomic mass is 16.3. The van der Waals surface area contributed by atoms with Crippen LogP contribution in [0.3, 0.4) is 0 Å². The topological polar surface area (TPSA) is 61.3 Å². The van der Waals surface area contributed by atoms with Crippen LogP contribution in [0.4, 0.5) is 11.6 Å². The lowest BCUT2D eigenvalue weighted by Gasteiger charge is -2.28. The second kappa shape index (κ2) is 6.60. The first kappa shape index (κ1) is 17.7. The number of likely N-dealkylation sites (N-methyl/N-ethyl adjacent to an activating group) is 1. The Morgan fingerprint density at radius 3 is 2.29 bits per heavy atom. The molecule has 0 aliphatic rings. The summed E-state index contributed by atoms with van der Waals surface area (Å²) in [5, 5.41) is 13.3. The van der Waals surface area contributed by atoms with E-state index >= 15 is 0 Å². The Labute approximate surface area is 128 Å². The zero-order valence-corrected chi connectivity index (χ0v) is 14.5. The SMILES string of the molecule is CCCNc1cc(N(C)CC(C)(C)O)nc(C(C)(C)C)n1. The smallest absolute Gasteiger partial charge is 0.138 e. The van der Waals surface area contributed by atoms with E-state index in [1.54, 1.807) is 13.8 Å². The van der Waals surface area contributed by atoms with Gasteiger partial charge in [0.25, 0.3) is 0 Å². The molecule has 1 heterocycles. The van der Waals surface area contributed by atoms with Crippen molar-refractivity contribution < 1.29 is 5.11 Å². The van der Waals surface area contributed by atoms with Crippen molar-refractivity contribution in [2.24, 2.45) is 0 Å². The summed E-state index contributed by atoms with van der Waals surface area (Å²) < 4.78 is 0. The average molecular weight is 294 g/mol. The average Bonchev–Trinajstić information content (AvgIpc) is 2.33. The van der Waals surface area contributed by atoms with Gasteiger partial charge in [0.05, 0.1) is 5.60 Å². The summed E-state index contributed by atoms with van der Waals surface area (Å²) in [5.74, 6) is 2.48. The van der Waals surface area contributed by atoms with Crippen molar-refractivity contribution in [2.45, 2.75) is 59.0 Å². The van der Waals surface area contributed by atoms with Crippen LogP contribution in [0.25, 0.3) is 0 Å². The van der Waals surface area contributed by atoms with Crippen LogP contribution in [0.5, 0.6) is 0 Å². The van der Waals surface area contributed by atoms with Crippen LogP contribution in [0, 0.1) is 0 Å². The van der Waals surface area contributed by atoms with Gasteiger partial charge >= 0.3 is 0 Å². The third kappa shape index (κ3) is 5.87. The highest BCUT2D eigenvalue weighted by Crippen LogP contribution is 2.24. The quantitative estimate of drug-likeness (QED) is 0.845. The van der Waals surface area contributed by atoms with Crippen LogP contribution in [0.2, 0.25) is 0 Å². The molecule has 1 rings (SSSR count). The van der Waals surface area contributed by atoms with Gasteiger partial charge in [-0.3, -0.25) is 0 Å². The molecule has 0 spiro atoms. The van der Waals surface area contributed by atoms with E-state index in [0.717, 1.165) is 30.4 Å². The monoisotopic (exact) mass is 294 g/mol. The van der Waals surface area contributed by atoms with E-state index in [2.05, 4.69) is 43.0 Å². The third-order valence-corrected chi connectivity index (χ3v) is 2.95. The molecule has 21 heavy (non-hydrogen) atoms. The second-order valence-electron chi connectivity index (χ2n) is 7.28. The van der Waals surface area contributed by atoms with E-state index in [-0.39, 0.29) is 5.41 Å². The zero-order chi connectivity index (χ0) is 16.3. The van der Waals surface area contributed by atoms with Crippen LogP contribution >= 0.6 is 0 Å². The first-order valence-electron chi connectivity index (χ1n) is 7.60. The lowest BCUT2D eigenvalue weighted by molar-refractivity contribution is 0.0884. The van der Waals surface area contributed by atoms with Gasteiger partial charge in [0.2, 0.25) is 0 Å². The summed E-state index contributed by atoms with van der Waals surface area (Å²) in [6.45, 7) is 13.4. The van der Waals surface area contributed by atoms with Gasteiger partial charge in [-0.1, -0.05) is 27.7 Å². The van der Waals surface area contributed by atoms with Gasteiger partial charge in [-0.25, -0.2) is 9.97 Å². The largest absolute Gasteiger partial charge is 0.389 e. The number of nitrogens with one attached hydrogen (secondary N) is 1. The molecule has 0 saturated heterocycles. The number of nitrogens with zero attached hydrogens (tertiary/aromatic N) is 3. The van der Waals surface area contributed by atoms with Gasteiger partial charge < -0.3 is 15.3 Å². The molecule has 5 heteroatoms. The maximum absolute atomic E-state index is 9.99. The highest BCUT2D eigenvalue weighted by Gasteiger charge is 2.22. The maximum Gasteiger partial charge on any atom is 0.138 e. The van der Waals surface area contributed by atoms with Crippen molar-refractivity contribution >= 4 is 11.6 Å². The number of hydrogen-bond donors (Lipinski definition) is 2. The van der Waals surface area contributed by atoms with Crippen molar-refractivity contribution in [1.29, 1.82) is 0 Å². The van der Waals surface area contributed by atoms with Crippen molar-refractivity contribution in [2.75, 3.05) is 30.4 Å². The standard InChI is InChI=1S/C16H30N4O/c1-8-9-17-12-10-13(20(7)11-16(5,6)21)19-14(18-12)15(2,3)4/h10,21H,8-9,11H2,1-7H3,(H,17,18,19). The van der Waals surface area contributed by atoms with Gasteiger partial charge in [0.1, 0.15) is 17.5 Å². The van der Waals surface area contributed by atoms with Gasteiger partial charge in [-0.05, 0) is 20.3 Å². The van der Waals surface area contributed by atoms with Crippen molar-refractivity contribution in [3.63, 3.8) is 0 Å². The molecule has 0 unspecified atom stereocenters. The molecule has 0 bridgehead atoms. The van der Waals surface area contributed by atoms with Gasteiger partial charge in [-0.2, -0.15) is 0 Å². The van der Waals surface area contributed by atoms with E-state index in [9.17, 15) is 5.11 Å². The molecule has 1 aromatic heterocycles. The first-order chi connectivity index (χ1) is 9.53. The molecule has 1 aromatic rings. The second-order valence-corrected chi connectivity index (χ2v) is 7.28. The van der Waals surface area contributed by atoms with Crippen LogP contribution in [0.15, 0.2) is 6.07 Å². The third-order valence-electron chi connectivity index (χ3n) is 2.95. The Morgan fingerprint density at radius 2 is 1.81 bits per heavy atom. The van der Waals surface area contributed by atoms with Crippen LogP contribution in [-0.2, 0) is 5.41 Å². The van der Waals surface area contributed by atoms with E-state index in [0.29, 0.717) is 6.54 Å². The summed E-state index contributed by atoms with van der Waals surface area (Å²) in [7, 11) is 1.94. The minimum atomic E-state index is -0.765. The molecular weight excluding hydrogens is 264 g/mol. The summed E-state index contributed by atoms with van der Waals surface area (Å²) in [4.78, 5) is 11.2. The minimum absolute atomic E-state index is 0.117. The summed E-state index contributed by atoms with van der Waals surface area (Å²) in [6.07, 6.45) is 1.05. The number of hydrogen-bond acceptors (Lipinski definition) is 5. The Hall–Kier alpha value is -1.36. The fourth-order valence-corrected chi connectivity index (χ4v) is 1.97. The minimum Gasteiger partial charge on any atom is -0.389 e. The fourth-order valence-electron chi connectivity index (χ4n) is 1.97. The fraction of sp³-hybridized carbons (Fsp3) is 0.750. The van der Waals surface area contributed by atoms with Crippen molar-refractivity contribution in [3.05, 3.63) is 11.9 Å².